The number of benzene rings is 2. The van der Waals surface area contributed by atoms with Crippen molar-refractivity contribution in [3.05, 3.63) is 70.9 Å². The molecule has 3 aromatic rings. The highest BCUT2D eigenvalue weighted by Gasteiger charge is 2.29. The van der Waals surface area contributed by atoms with Gasteiger partial charge in [0.05, 0.1) is 19.3 Å². The number of para-hydroxylation sites is 2. The van der Waals surface area contributed by atoms with E-state index in [1.54, 1.807) is 35.5 Å². The number of ether oxygens (including phenoxy) is 2. The van der Waals surface area contributed by atoms with Crippen molar-refractivity contribution < 1.29 is 19.1 Å². The lowest BCUT2D eigenvalue weighted by Crippen LogP contribution is -2.46. The van der Waals surface area contributed by atoms with Crippen LogP contribution in [0.25, 0.3) is 0 Å². The summed E-state index contributed by atoms with van der Waals surface area (Å²) < 4.78 is 10.7. The van der Waals surface area contributed by atoms with Crippen molar-refractivity contribution >= 4 is 34.5 Å². The van der Waals surface area contributed by atoms with E-state index in [0.717, 1.165) is 16.3 Å². The highest BCUT2D eigenvalue weighted by molar-refractivity contribution is 7.09. The third-order valence-corrected chi connectivity index (χ3v) is 5.54. The van der Waals surface area contributed by atoms with Gasteiger partial charge in [-0.05, 0) is 47.8 Å². The number of amides is 2. The molecule has 2 amide bonds. The summed E-state index contributed by atoms with van der Waals surface area (Å²) in [6, 6.07) is 18.5. The summed E-state index contributed by atoms with van der Waals surface area (Å²) in [7, 11) is 1.60. The zero-order chi connectivity index (χ0) is 20.2. The van der Waals surface area contributed by atoms with Gasteiger partial charge in [-0.1, -0.05) is 18.2 Å². The Hall–Kier alpha value is -3.32. The summed E-state index contributed by atoms with van der Waals surface area (Å²) in [4.78, 5) is 30.0. The van der Waals surface area contributed by atoms with Gasteiger partial charge in [-0.2, -0.15) is 0 Å². The molecule has 6 nitrogen and oxygen atoms in total. The molecule has 0 atom stereocenters. The minimum Gasteiger partial charge on any atom is -0.497 e. The van der Waals surface area contributed by atoms with Crippen molar-refractivity contribution in [1.29, 1.82) is 0 Å². The molecule has 4 rings (SSSR count). The minimum atomic E-state index is -0.233. The number of nitrogens with zero attached hydrogens (tertiary/aromatic N) is 2. The van der Waals surface area contributed by atoms with Crippen molar-refractivity contribution in [2.75, 3.05) is 30.1 Å². The van der Waals surface area contributed by atoms with Crippen LogP contribution in [0.2, 0.25) is 0 Å². The smallest absolute Gasteiger partial charge is 0.265 e. The number of methoxy groups -OCH3 is 1. The summed E-state index contributed by atoms with van der Waals surface area (Å²) in [6.45, 7) is 0.303. The molecule has 0 unspecified atom stereocenters. The first-order chi connectivity index (χ1) is 14.2. The van der Waals surface area contributed by atoms with Gasteiger partial charge in [0.1, 0.15) is 18.0 Å². The molecule has 2 aromatic carbocycles. The Morgan fingerprint density at radius 1 is 1.14 bits per heavy atom. The predicted octanol–water partition coefficient (Wildman–Crippen LogP) is 3.72. The average molecular weight is 408 g/mol. The standard InChI is InChI=1S/C22H20N2O4S/c1-27-17-10-8-16(9-11-17)23(13-18-5-4-12-29-18)21(25)14-24-19-6-2-3-7-20(19)28-15-22(24)26/h2-12H,13-15H2,1H3. The zero-order valence-electron chi connectivity index (χ0n) is 15.9. The van der Waals surface area contributed by atoms with Gasteiger partial charge in [0.15, 0.2) is 6.61 Å². The molecule has 0 saturated carbocycles. The fraction of sp³-hybridized carbons (Fsp3) is 0.182. The largest absolute Gasteiger partial charge is 0.497 e. The van der Waals surface area contributed by atoms with Crippen LogP contribution in [0.5, 0.6) is 11.5 Å². The molecule has 0 radical (unpaired) electrons. The number of carbonyl (C=O) groups excluding carboxylic acids is 2. The third-order valence-electron chi connectivity index (χ3n) is 4.68. The number of carbonyl (C=O) groups is 2. The Morgan fingerprint density at radius 2 is 1.93 bits per heavy atom. The number of anilines is 2. The monoisotopic (exact) mass is 408 g/mol. The van der Waals surface area contributed by atoms with Gasteiger partial charge in [0.25, 0.3) is 5.91 Å². The second-order valence-corrected chi connectivity index (χ2v) is 7.53. The van der Waals surface area contributed by atoms with Crippen LogP contribution < -0.4 is 19.3 Å². The van der Waals surface area contributed by atoms with Crippen LogP contribution in [-0.2, 0) is 16.1 Å². The van der Waals surface area contributed by atoms with E-state index in [0.29, 0.717) is 18.0 Å². The molecule has 2 heterocycles. The van der Waals surface area contributed by atoms with Gasteiger partial charge >= 0.3 is 0 Å². The minimum absolute atomic E-state index is 0.0589. The molecule has 0 saturated heterocycles. The van der Waals surface area contributed by atoms with Crippen LogP contribution in [-0.4, -0.2) is 32.1 Å². The molecule has 0 N–H and O–H groups in total. The van der Waals surface area contributed by atoms with Crippen molar-refractivity contribution in [1.82, 2.24) is 0 Å². The number of hydrogen-bond donors (Lipinski definition) is 0. The van der Waals surface area contributed by atoms with E-state index >= 15 is 0 Å². The molecule has 0 fully saturated rings. The van der Waals surface area contributed by atoms with Gasteiger partial charge in [0.2, 0.25) is 5.91 Å². The van der Waals surface area contributed by atoms with Crippen LogP contribution in [0.3, 0.4) is 0 Å². The second kappa shape index (κ2) is 8.36. The molecule has 1 aliphatic rings. The lowest BCUT2D eigenvalue weighted by atomic mass is 10.2. The fourth-order valence-corrected chi connectivity index (χ4v) is 3.88. The highest BCUT2D eigenvalue weighted by atomic mass is 32.1. The maximum Gasteiger partial charge on any atom is 0.265 e. The molecule has 0 spiro atoms. The topological polar surface area (TPSA) is 59.1 Å². The van der Waals surface area contributed by atoms with E-state index in [1.807, 2.05) is 53.9 Å². The van der Waals surface area contributed by atoms with Crippen LogP contribution in [0.4, 0.5) is 11.4 Å². The Morgan fingerprint density at radius 3 is 2.66 bits per heavy atom. The van der Waals surface area contributed by atoms with E-state index in [2.05, 4.69) is 0 Å². The van der Waals surface area contributed by atoms with E-state index < -0.39 is 0 Å². The molecule has 7 heteroatoms. The molecule has 1 aromatic heterocycles. The maximum absolute atomic E-state index is 13.3. The zero-order valence-corrected chi connectivity index (χ0v) is 16.7. The van der Waals surface area contributed by atoms with Crippen LogP contribution >= 0.6 is 11.3 Å². The summed E-state index contributed by atoms with van der Waals surface area (Å²) >= 11 is 1.59. The third kappa shape index (κ3) is 4.09. The number of rotatable bonds is 6. The Kier molecular flexibility index (Phi) is 5.48. The van der Waals surface area contributed by atoms with E-state index in [1.165, 1.54) is 4.90 Å². The Balaban J connectivity index is 1.62. The summed E-state index contributed by atoms with van der Waals surface area (Å²) in [5.74, 6) is 0.917. The second-order valence-electron chi connectivity index (χ2n) is 6.49. The SMILES string of the molecule is COc1ccc(N(Cc2cccs2)C(=O)CN2C(=O)COc3ccccc32)cc1. The Labute approximate surface area is 172 Å². The number of hydrogen-bond acceptors (Lipinski definition) is 5. The molecule has 29 heavy (non-hydrogen) atoms. The lowest BCUT2D eigenvalue weighted by molar-refractivity contribution is -0.124. The summed E-state index contributed by atoms with van der Waals surface area (Å²) in [5.41, 5.74) is 1.36. The lowest BCUT2D eigenvalue weighted by Gasteiger charge is -2.31. The van der Waals surface area contributed by atoms with Crippen LogP contribution in [0.1, 0.15) is 4.88 Å². The van der Waals surface area contributed by atoms with E-state index in [4.69, 9.17) is 9.47 Å². The quantitative estimate of drug-likeness (QED) is 0.624. The predicted molar refractivity (Wildman–Crippen MR) is 113 cm³/mol. The molecule has 148 valence electrons. The molecule has 1 aliphatic heterocycles. The van der Waals surface area contributed by atoms with Crippen molar-refractivity contribution in [2.45, 2.75) is 6.54 Å². The highest BCUT2D eigenvalue weighted by Crippen LogP contribution is 2.32. The Bertz CT molecular complexity index is 1000. The van der Waals surface area contributed by atoms with Gasteiger partial charge < -0.3 is 14.4 Å². The first-order valence-electron chi connectivity index (χ1n) is 9.14. The molecular weight excluding hydrogens is 388 g/mol. The maximum atomic E-state index is 13.3. The van der Waals surface area contributed by atoms with Gasteiger partial charge in [-0.15, -0.1) is 11.3 Å². The average Bonchev–Trinajstić information content (AvgIpc) is 3.27. The summed E-state index contributed by atoms with van der Waals surface area (Å²) in [6.07, 6.45) is 0. The first kappa shape index (κ1) is 19.0. The van der Waals surface area contributed by atoms with E-state index in [-0.39, 0.29) is 25.0 Å². The normalized spacial score (nSPS) is 12.9. The molecular formula is C22H20N2O4S. The summed E-state index contributed by atoms with van der Waals surface area (Å²) in [5, 5.41) is 1.98. The van der Waals surface area contributed by atoms with Crippen molar-refractivity contribution in [3.63, 3.8) is 0 Å². The van der Waals surface area contributed by atoms with Crippen molar-refractivity contribution in [3.8, 4) is 11.5 Å². The van der Waals surface area contributed by atoms with Crippen LogP contribution in [0.15, 0.2) is 66.0 Å². The number of thiophene rings is 1. The number of fused-ring (bicyclic) bond motifs is 1. The molecule has 0 aliphatic carbocycles. The fourth-order valence-electron chi connectivity index (χ4n) is 3.19. The van der Waals surface area contributed by atoms with E-state index in [9.17, 15) is 9.59 Å². The first-order valence-corrected chi connectivity index (χ1v) is 10.0. The molecule has 0 bridgehead atoms. The van der Waals surface area contributed by atoms with Gasteiger partial charge in [0, 0.05) is 10.6 Å². The van der Waals surface area contributed by atoms with Gasteiger partial charge in [-0.3, -0.25) is 14.5 Å². The van der Waals surface area contributed by atoms with Crippen molar-refractivity contribution in [2.24, 2.45) is 0 Å². The van der Waals surface area contributed by atoms with Crippen LogP contribution in [0, 0.1) is 0 Å². The van der Waals surface area contributed by atoms with Gasteiger partial charge in [-0.25, -0.2) is 0 Å².